The predicted molar refractivity (Wildman–Crippen MR) is 83.1 cm³/mol. The van der Waals surface area contributed by atoms with Crippen LogP contribution in [0.15, 0.2) is 24.5 Å². The number of amides is 1. The molecule has 1 aliphatic heterocycles. The van der Waals surface area contributed by atoms with E-state index in [9.17, 15) is 4.79 Å². The average Bonchev–Trinajstić information content (AvgIpc) is 3.32. The molecule has 2 heterocycles. The van der Waals surface area contributed by atoms with E-state index in [1.165, 1.54) is 45.3 Å². The summed E-state index contributed by atoms with van der Waals surface area (Å²) in [6.45, 7) is 4.58. The third kappa shape index (κ3) is 4.53. The Morgan fingerprint density at radius 3 is 2.81 bits per heavy atom. The van der Waals surface area contributed by atoms with Gasteiger partial charge in [-0.25, -0.2) is 0 Å². The normalized spacial score (nSPS) is 23.0. The Hall–Kier alpha value is -1.42. The maximum Gasteiger partial charge on any atom is 0.251 e. The van der Waals surface area contributed by atoms with Crippen molar-refractivity contribution in [3.05, 3.63) is 30.1 Å². The molecule has 0 spiro atoms. The Labute approximate surface area is 126 Å². The molecular formula is C17H25N3O. The molecule has 1 aromatic rings. The van der Waals surface area contributed by atoms with Gasteiger partial charge in [-0.1, -0.05) is 0 Å². The SMILES string of the molecule is O=C(NCC[C@@H]1CCCN(CC2CC2)C1)c1ccncc1. The Balaban J connectivity index is 1.37. The molecule has 1 N–H and O–H groups in total. The van der Waals surface area contributed by atoms with Gasteiger partial charge in [-0.15, -0.1) is 0 Å². The number of piperidine rings is 1. The Bertz CT molecular complexity index is 458. The molecule has 1 atom stereocenters. The number of nitrogens with one attached hydrogen (secondary N) is 1. The molecule has 3 rings (SSSR count). The van der Waals surface area contributed by atoms with E-state index in [-0.39, 0.29) is 5.91 Å². The lowest BCUT2D eigenvalue weighted by Gasteiger charge is -2.32. The van der Waals surface area contributed by atoms with Gasteiger partial charge in [-0.05, 0) is 62.6 Å². The van der Waals surface area contributed by atoms with Crippen LogP contribution in [0.1, 0.15) is 42.5 Å². The molecule has 4 heteroatoms. The molecular weight excluding hydrogens is 262 g/mol. The van der Waals surface area contributed by atoms with E-state index < -0.39 is 0 Å². The second-order valence-corrected chi connectivity index (χ2v) is 6.49. The zero-order valence-corrected chi connectivity index (χ0v) is 12.6. The van der Waals surface area contributed by atoms with Crippen LogP contribution in [0.2, 0.25) is 0 Å². The van der Waals surface area contributed by atoms with E-state index >= 15 is 0 Å². The van der Waals surface area contributed by atoms with Crippen LogP contribution in [0.5, 0.6) is 0 Å². The van der Waals surface area contributed by atoms with E-state index in [1.807, 2.05) is 0 Å². The monoisotopic (exact) mass is 287 g/mol. The summed E-state index contributed by atoms with van der Waals surface area (Å²) in [5.74, 6) is 1.74. The molecule has 0 aromatic carbocycles. The summed E-state index contributed by atoms with van der Waals surface area (Å²) < 4.78 is 0. The molecule has 0 radical (unpaired) electrons. The predicted octanol–water partition coefficient (Wildman–Crippen LogP) is 2.32. The molecule has 114 valence electrons. The number of likely N-dealkylation sites (tertiary alicyclic amines) is 1. The van der Waals surface area contributed by atoms with Crippen LogP contribution >= 0.6 is 0 Å². The summed E-state index contributed by atoms with van der Waals surface area (Å²) in [6.07, 6.45) is 9.91. The minimum absolute atomic E-state index is 0.0167. The summed E-state index contributed by atoms with van der Waals surface area (Å²) in [6, 6.07) is 3.51. The number of aromatic nitrogens is 1. The van der Waals surface area contributed by atoms with Crippen molar-refractivity contribution in [2.24, 2.45) is 11.8 Å². The topological polar surface area (TPSA) is 45.2 Å². The lowest BCUT2D eigenvalue weighted by molar-refractivity contribution is 0.0946. The molecule has 0 bridgehead atoms. The van der Waals surface area contributed by atoms with Gasteiger partial charge in [0.2, 0.25) is 0 Å². The van der Waals surface area contributed by atoms with Crippen LogP contribution in [0, 0.1) is 11.8 Å². The molecule has 2 aliphatic rings. The third-order valence-corrected chi connectivity index (χ3v) is 4.60. The highest BCUT2D eigenvalue weighted by Gasteiger charge is 2.27. The van der Waals surface area contributed by atoms with Crippen molar-refractivity contribution >= 4 is 5.91 Å². The van der Waals surface area contributed by atoms with E-state index in [0.717, 1.165) is 24.8 Å². The first-order chi connectivity index (χ1) is 10.3. The van der Waals surface area contributed by atoms with Gasteiger partial charge in [0.05, 0.1) is 0 Å². The summed E-state index contributed by atoms with van der Waals surface area (Å²) in [7, 11) is 0. The van der Waals surface area contributed by atoms with Crippen molar-refractivity contribution in [2.45, 2.75) is 32.1 Å². The highest BCUT2D eigenvalue weighted by Crippen LogP contribution is 2.31. The zero-order chi connectivity index (χ0) is 14.5. The second-order valence-electron chi connectivity index (χ2n) is 6.49. The van der Waals surface area contributed by atoms with Crippen LogP contribution in [-0.2, 0) is 0 Å². The summed E-state index contributed by atoms with van der Waals surface area (Å²) in [5.41, 5.74) is 0.698. The third-order valence-electron chi connectivity index (χ3n) is 4.60. The maximum absolute atomic E-state index is 12.0. The molecule has 1 amide bonds. The van der Waals surface area contributed by atoms with E-state index in [4.69, 9.17) is 0 Å². The van der Waals surface area contributed by atoms with Crippen molar-refractivity contribution in [3.8, 4) is 0 Å². The number of pyridine rings is 1. The number of nitrogens with zero attached hydrogens (tertiary/aromatic N) is 2. The largest absolute Gasteiger partial charge is 0.352 e. The maximum atomic E-state index is 12.0. The number of carbonyl (C=O) groups excluding carboxylic acids is 1. The van der Waals surface area contributed by atoms with E-state index in [0.29, 0.717) is 5.56 Å². The van der Waals surface area contributed by atoms with Crippen LogP contribution in [-0.4, -0.2) is 42.0 Å². The summed E-state index contributed by atoms with van der Waals surface area (Å²) in [5, 5.41) is 3.03. The van der Waals surface area contributed by atoms with Crippen molar-refractivity contribution < 1.29 is 4.79 Å². The first kappa shape index (κ1) is 14.5. The molecule has 1 aromatic heterocycles. The minimum Gasteiger partial charge on any atom is -0.352 e. The van der Waals surface area contributed by atoms with Gasteiger partial charge in [-0.2, -0.15) is 0 Å². The second kappa shape index (κ2) is 7.03. The minimum atomic E-state index is 0.0167. The first-order valence-electron chi connectivity index (χ1n) is 8.22. The van der Waals surface area contributed by atoms with Crippen molar-refractivity contribution in [2.75, 3.05) is 26.2 Å². The van der Waals surface area contributed by atoms with Crippen LogP contribution in [0.4, 0.5) is 0 Å². The molecule has 2 fully saturated rings. The molecule has 0 unspecified atom stereocenters. The van der Waals surface area contributed by atoms with Gasteiger partial charge in [0.25, 0.3) is 5.91 Å². The molecule has 4 nitrogen and oxygen atoms in total. The lowest BCUT2D eigenvalue weighted by Crippen LogP contribution is -2.38. The van der Waals surface area contributed by atoms with Crippen molar-refractivity contribution in [1.29, 1.82) is 0 Å². The summed E-state index contributed by atoms with van der Waals surface area (Å²) in [4.78, 5) is 18.5. The van der Waals surface area contributed by atoms with Gasteiger partial charge in [0, 0.05) is 37.6 Å². The van der Waals surface area contributed by atoms with Gasteiger partial charge in [-0.3, -0.25) is 9.78 Å². The molecule has 1 aliphatic carbocycles. The number of carbonyl (C=O) groups is 1. The van der Waals surface area contributed by atoms with Crippen LogP contribution in [0.25, 0.3) is 0 Å². The molecule has 21 heavy (non-hydrogen) atoms. The Kier molecular flexibility index (Phi) is 4.86. The van der Waals surface area contributed by atoms with E-state index in [1.54, 1.807) is 24.5 Å². The van der Waals surface area contributed by atoms with Crippen LogP contribution in [0.3, 0.4) is 0 Å². The van der Waals surface area contributed by atoms with E-state index in [2.05, 4.69) is 15.2 Å². The fourth-order valence-electron chi connectivity index (χ4n) is 3.21. The fraction of sp³-hybridized carbons (Fsp3) is 0.647. The Morgan fingerprint density at radius 1 is 1.24 bits per heavy atom. The zero-order valence-electron chi connectivity index (χ0n) is 12.6. The average molecular weight is 287 g/mol. The molecule has 1 saturated carbocycles. The highest BCUT2D eigenvalue weighted by molar-refractivity contribution is 5.93. The van der Waals surface area contributed by atoms with Crippen molar-refractivity contribution in [1.82, 2.24) is 15.2 Å². The van der Waals surface area contributed by atoms with Crippen molar-refractivity contribution in [3.63, 3.8) is 0 Å². The Morgan fingerprint density at radius 2 is 2.05 bits per heavy atom. The first-order valence-corrected chi connectivity index (χ1v) is 8.22. The van der Waals surface area contributed by atoms with Gasteiger partial charge in [0.15, 0.2) is 0 Å². The smallest absolute Gasteiger partial charge is 0.251 e. The van der Waals surface area contributed by atoms with Gasteiger partial charge in [0.1, 0.15) is 0 Å². The highest BCUT2D eigenvalue weighted by atomic mass is 16.1. The number of rotatable bonds is 6. The lowest BCUT2D eigenvalue weighted by atomic mass is 9.94. The van der Waals surface area contributed by atoms with Gasteiger partial charge < -0.3 is 10.2 Å². The summed E-state index contributed by atoms with van der Waals surface area (Å²) >= 11 is 0. The standard InChI is InChI=1S/C17H25N3O/c21-17(16-6-8-18-9-7-16)19-10-5-14-2-1-11-20(12-14)13-15-3-4-15/h6-9,14-15H,1-5,10-13H2,(H,19,21)/t14-/m0/s1. The fourth-order valence-corrected chi connectivity index (χ4v) is 3.21. The number of hydrogen-bond donors (Lipinski definition) is 1. The molecule has 1 saturated heterocycles. The van der Waals surface area contributed by atoms with Gasteiger partial charge >= 0.3 is 0 Å². The quantitative estimate of drug-likeness (QED) is 0.873. The number of hydrogen-bond acceptors (Lipinski definition) is 3. The van der Waals surface area contributed by atoms with Crippen LogP contribution < -0.4 is 5.32 Å².